The summed E-state index contributed by atoms with van der Waals surface area (Å²) in [6.45, 7) is 1.69. The maximum Gasteiger partial charge on any atom is 0.252 e. The normalized spacial score (nSPS) is 10.8. The molecule has 0 fully saturated rings. The summed E-state index contributed by atoms with van der Waals surface area (Å²) in [7, 11) is 0. The molecular weight excluding hydrogens is 273 g/mol. The third-order valence-electron chi connectivity index (χ3n) is 2.94. The average Bonchev–Trinajstić information content (AvgIpc) is 2.80. The summed E-state index contributed by atoms with van der Waals surface area (Å²) < 4.78 is 15.1. The van der Waals surface area contributed by atoms with Crippen LogP contribution in [0.3, 0.4) is 0 Å². The van der Waals surface area contributed by atoms with E-state index in [1.54, 1.807) is 25.1 Å². The van der Waals surface area contributed by atoms with Crippen molar-refractivity contribution in [2.45, 2.75) is 6.92 Å². The van der Waals surface area contributed by atoms with Crippen LogP contribution in [0.1, 0.15) is 5.69 Å². The Labute approximate surface area is 119 Å². The number of H-pyrrole nitrogens is 1. The summed E-state index contributed by atoms with van der Waals surface area (Å²) in [6, 6.07) is 9.14. The number of nitrogens with two attached hydrogens (primary N) is 1. The molecule has 2 heterocycles. The predicted molar refractivity (Wildman–Crippen MR) is 76.5 cm³/mol. The molecule has 7 heteroatoms. The SMILES string of the molecule is Cc1cc(=O)[nH]c(-n2nc(-c3ccccc3F)cc2N)n1. The topological polar surface area (TPSA) is 89.6 Å². The van der Waals surface area contributed by atoms with E-state index in [4.69, 9.17) is 5.73 Å². The molecule has 0 aliphatic rings. The van der Waals surface area contributed by atoms with Gasteiger partial charge >= 0.3 is 0 Å². The van der Waals surface area contributed by atoms with E-state index in [1.165, 1.54) is 22.9 Å². The van der Waals surface area contributed by atoms with Gasteiger partial charge in [-0.15, -0.1) is 0 Å². The van der Waals surface area contributed by atoms with Crippen molar-refractivity contribution in [1.82, 2.24) is 19.7 Å². The Hall–Kier alpha value is -2.96. The van der Waals surface area contributed by atoms with Gasteiger partial charge in [0.05, 0.1) is 5.69 Å². The third kappa shape index (κ3) is 2.40. The molecule has 0 spiro atoms. The van der Waals surface area contributed by atoms with Crippen LogP contribution in [0.5, 0.6) is 0 Å². The number of hydrogen-bond acceptors (Lipinski definition) is 4. The van der Waals surface area contributed by atoms with Crippen LogP contribution in [-0.2, 0) is 0 Å². The minimum atomic E-state index is -0.396. The van der Waals surface area contributed by atoms with Crippen molar-refractivity contribution in [2.24, 2.45) is 0 Å². The van der Waals surface area contributed by atoms with Gasteiger partial charge in [-0.05, 0) is 19.1 Å². The van der Waals surface area contributed by atoms with Crippen molar-refractivity contribution in [2.75, 3.05) is 5.73 Å². The molecule has 6 nitrogen and oxygen atoms in total. The molecule has 0 aliphatic heterocycles. The highest BCUT2D eigenvalue weighted by Crippen LogP contribution is 2.24. The van der Waals surface area contributed by atoms with E-state index < -0.39 is 5.82 Å². The number of nitrogens with one attached hydrogen (secondary N) is 1. The Morgan fingerprint density at radius 1 is 1.29 bits per heavy atom. The van der Waals surface area contributed by atoms with Gasteiger partial charge in [0, 0.05) is 23.4 Å². The summed E-state index contributed by atoms with van der Waals surface area (Å²) in [5.74, 6) is 0.0509. The standard InChI is InChI=1S/C14H12FN5O/c1-8-6-13(21)18-14(17-8)20-12(16)7-11(19-20)9-4-2-3-5-10(9)15/h2-7H,16H2,1H3,(H,17,18,21). The van der Waals surface area contributed by atoms with Gasteiger partial charge in [0.1, 0.15) is 11.6 Å². The molecule has 3 N–H and O–H groups in total. The summed E-state index contributed by atoms with van der Waals surface area (Å²) in [5.41, 5.74) is 6.81. The van der Waals surface area contributed by atoms with Crippen LogP contribution < -0.4 is 11.3 Å². The van der Waals surface area contributed by atoms with Crippen LogP contribution >= 0.6 is 0 Å². The maximum absolute atomic E-state index is 13.8. The van der Waals surface area contributed by atoms with E-state index in [0.29, 0.717) is 17.0 Å². The van der Waals surface area contributed by atoms with Crippen molar-refractivity contribution in [1.29, 1.82) is 0 Å². The number of aromatic nitrogens is 4. The van der Waals surface area contributed by atoms with Crippen molar-refractivity contribution in [3.05, 3.63) is 58.3 Å². The van der Waals surface area contributed by atoms with Crippen LogP contribution in [0.15, 0.2) is 41.2 Å². The lowest BCUT2D eigenvalue weighted by atomic mass is 10.1. The zero-order chi connectivity index (χ0) is 15.0. The van der Waals surface area contributed by atoms with Crippen molar-refractivity contribution >= 4 is 5.82 Å². The number of aromatic amines is 1. The summed E-state index contributed by atoms with van der Waals surface area (Å²) in [4.78, 5) is 18.2. The van der Waals surface area contributed by atoms with Gasteiger partial charge in [0.25, 0.3) is 5.56 Å². The van der Waals surface area contributed by atoms with E-state index in [1.807, 2.05) is 0 Å². The fraction of sp³-hybridized carbons (Fsp3) is 0.0714. The number of benzene rings is 1. The smallest absolute Gasteiger partial charge is 0.252 e. The molecule has 106 valence electrons. The molecule has 0 bridgehead atoms. The zero-order valence-corrected chi connectivity index (χ0v) is 11.2. The summed E-state index contributed by atoms with van der Waals surface area (Å²) in [6.07, 6.45) is 0. The Balaban J connectivity index is 2.14. The molecule has 3 aromatic rings. The van der Waals surface area contributed by atoms with Crippen molar-refractivity contribution in [3.8, 4) is 17.2 Å². The molecule has 0 amide bonds. The summed E-state index contributed by atoms with van der Waals surface area (Å²) in [5, 5.41) is 4.21. The van der Waals surface area contributed by atoms with Gasteiger partial charge in [-0.2, -0.15) is 9.78 Å². The minimum Gasteiger partial charge on any atom is -0.383 e. The molecule has 0 radical (unpaired) electrons. The Kier molecular flexibility index (Phi) is 3.02. The highest BCUT2D eigenvalue weighted by molar-refractivity contribution is 5.63. The Bertz CT molecular complexity index is 868. The molecule has 1 aromatic carbocycles. The molecule has 2 aromatic heterocycles. The van der Waals surface area contributed by atoms with Gasteiger partial charge in [-0.25, -0.2) is 9.37 Å². The number of anilines is 1. The highest BCUT2D eigenvalue weighted by Gasteiger charge is 2.13. The molecule has 0 atom stereocenters. The monoisotopic (exact) mass is 285 g/mol. The zero-order valence-electron chi connectivity index (χ0n) is 11.2. The number of aryl methyl sites for hydroxylation is 1. The molecule has 3 rings (SSSR count). The average molecular weight is 285 g/mol. The van der Waals surface area contributed by atoms with Crippen LogP contribution in [0.2, 0.25) is 0 Å². The first-order valence-corrected chi connectivity index (χ1v) is 6.23. The number of hydrogen-bond donors (Lipinski definition) is 2. The third-order valence-corrected chi connectivity index (χ3v) is 2.94. The first-order valence-electron chi connectivity index (χ1n) is 6.23. The van der Waals surface area contributed by atoms with E-state index in [0.717, 1.165) is 0 Å². The van der Waals surface area contributed by atoms with E-state index in [2.05, 4.69) is 15.1 Å². The lowest BCUT2D eigenvalue weighted by Crippen LogP contribution is -2.15. The number of rotatable bonds is 2. The van der Waals surface area contributed by atoms with Gasteiger partial charge < -0.3 is 5.73 Å². The first kappa shape index (κ1) is 13.0. The van der Waals surface area contributed by atoms with E-state index in [9.17, 15) is 9.18 Å². The van der Waals surface area contributed by atoms with E-state index in [-0.39, 0.29) is 17.3 Å². The fourth-order valence-electron chi connectivity index (χ4n) is 2.03. The van der Waals surface area contributed by atoms with Gasteiger partial charge in [0.15, 0.2) is 0 Å². The second-order valence-corrected chi connectivity index (χ2v) is 4.56. The van der Waals surface area contributed by atoms with Gasteiger partial charge in [0.2, 0.25) is 5.95 Å². The minimum absolute atomic E-state index is 0.195. The molecule has 0 unspecified atom stereocenters. The lowest BCUT2D eigenvalue weighted by Gasteiger charge is -2.03. The summed E-state index contributed by atoms with van der Waals surface area (Å²) >= 11 is 0. The van der Waals surface area contributed by atoms with Gasteiger partial charge in [-0.3, -0.25) is 9.78 Å². The molecule has 0 saturated carbocycles. The number of halogens is 1. The molecule has 21 heavy (non-hydrogen) atoms. The van der Waals surface area contributed by atoms with Crippen molar-refractivity contribution < 1.29 is 4.39 Å². The molecule has 0 aliphatic carbocycles. The van der Waals surface area contributed by atoms with Crippen LogP contribution in [0.4, 0.5) is 10.2 Å². The molecular formula is C14H12FN5O. The molecule has 0 saturated heterocycles. The maximum atomic E-state index is 13.8. The lowest BCUT2D eigenvalue weighted by molar-refractivity contribution is 0.630. The fourth-order valence-corrected chi connectivity index (χ4v) is 2.03. The Morgan fingerprint density at radius 2 is 2.05 bits per heavy atom. The van der Waals surface area contributed by atoms with Crippen LogP contribution in [0, 0.1) is 12.7 Å². The van der Waals surface area contributed by atoms with Gasteiger partial charge in [-0.1, -0.05) is 12.1 Å². The second-order valence-electron chi connectivity index (χ2n) is 4.56. The predicted octanol–water partition coefficient (Wildman–Crippen LogP) is 1.65. The second kappa shape index (κ2) is 4.86. The largest absolute Gasteiger partial charge is 0.383 e. The van der Waals surface area contributed by atoms with Crippen LogP contribution in [-0.4, -0.2) is 19.7 Å². The number of nitrogen functional groups attached to an aromatic ring is 1. The first-order chi connectivity index (χ1) is 10.0. The number of nitrogens with zero attached hydrogens (tertiary/aromatic N) is 3. The highest BCUT2D eigenvalue weighted by atomic mass is 19.1. The van der Waals surface area contributed by atoms with Crippen LogP contribution in [0.25, 0.3) is 17.2 Å². The van der Waals surface area contributed by atoms with Crippen molar-refractivity contribution in [3.63, 3.8) is 0 Å². The van der Waals surface area contributed by atoms with E-state index >= 15 is 0 Å². The Morgan fingerprint density at radius 3 is 2.76 bits per heavy atom. The quantitative estimate of drug-likeness (QED) is 0.749.